The first-order valence-corrected chi connectivity index (χ1v) is 11.3. The number of epoxide rings is 1. The molecule has 0 aliphatic carbocycles. The molecule has 1 aromatic rings. The Labute approximate surface area is 164 Å². The van der Waals surface area contributed by atoms with E-state index in [-0.39, 0.29) is 0 Å². The van der Waals surface area contributed by atoms with Crippen LogP contribution in [0.3, 0.4) is 0 Å². The molecule has 0 bridgehead atoms. The topological polar surface area (TPSA) is 107 Å². The van der Waals surface area contributed by atoms with Crippen molar-refractivity contribution in [2.45, 2.75) is 77.6 Å². The van der Waals surface area contributed by atoms with Crippen LogP contribution in [0.25, 0.3) is 0 Å². The van der Waals surface area contributed by atoms with Gasteiger partial charge in [0.2, 0.25) is 0 Å². The number of para-hydroxylation sites is 1. The number of hydrogen-bond acceptors (Lipinski definition) is 4. The van der Waals surface area contributed by atoms with E-state index in [4.69, 9.17) is 17.5 Å². The predicted molar refractivity (Wildman–Crippen MR) is 109 cm³/mol. The monoisotopic (exact) mass is 404 g/mol. The van der Waals surface area contributed by atoms with Crippen molar-refractivity contribution in [1.29, 1.82) is 0 Å². The molecule has 7 heteroatoms. The number of ether oxygens (including phenoxy) is 1. The molecule has 0 radical (unpaired) electrons. The molecule has 3 N–H and O–H groups in total. The average Bonchev–Trinajstić information content (AvgIpc) is 3.45. The van der Waals surface area contributed by atoms with E-state index in [0.717, 1.165) is 25.2 Å². The molecule has 0 unspecified atom stereocenters. The highest BCUT2D eigenvalue weighted by molar-refractivity contribution is 7.79. The number of benzene rings is 1. The van der Waals surface area contributed by atoms with Crippen molar-refractivity contribution in [2.24, 2.45) is 0 Å². The maximum Gasteiger partial charge on any atom is 0.394 e. The van der Waals surface area contributed by atoms with Gasteiger partial charge in [-0.1, -0.05) is 82.9 Å². The van der Waals surface area contributed by atoms with Gasteiger partial charge in [-0.15, -0.1) is 0 Å². The van der Waals surface area contributed by atoms with Crippen LogP contribution in [0.5, 0.6) is 5.75 Å². The van der Waals surface area contributed by atoms with E-state index in [2.05, 4.69) is 11.7 Å². The van der Waals surface area contributed by atoms with Crippen molar-refractivity contribution in [1.82, 2.24) is 0 Å². The van der Waals surface area contributed by atoms with E-state index in [1.807, 2.05) is 18.2 Å². The maximum absolute atomic E-state index is 9.65. The molecule has 1 aliphatic heterocycles. The quantitative estimate of drug-likeness (QED) is 0.265. The smallest absolute Gasteiger partial charge is 0.394 e. The highest BCUT2D eigenvalue weighted by atomic mass is 32.3. The molecule has 0 aromatic heterocycles. The number of rotatable bonds is 11. The van der Waals surface area contributed by atoms with Crippen molar-refractivity contribution < 1.29 is 27.4 Å². The Morgan fingerprint density at radius 1 is 0.852 bits per heavy atom. The van der Waals surface area contributed by atoms with Crippen molar-refractivity contribution >= 4 is 10.4 Å². The summed E-state index contributed by atoms with van der Waals surface area (Å²) in [5.74, 6) is 0.457. The van der Waals surface area contributed by atoms with Gasteiger partial charge < -0.3 is 9.84 Å². The summed E-state index contributed by atoms with van der Waals surface area (Å²) in [6.07, 6.45) is 14.6. The third-order valence-electron chi connectivity index (χ3n) is 4.00. The Kier molecular flexibility index (Phi) is 16.3. The zero-order valence-corrected chi connectivity index (χ0v) is 17.3. The van der Waals surface area contributed by atoms with E-state index in [9.17, 15) is 5.11 Å². The van der Waals surface area contributed by atoms with Gasteiger partial charge in [-0.3, -0.25) is 9.11 Å². The molecule has 158 valence electrons. The van der Waals surface area contributed by atoms with Crippen LogP contribution >= 0.6 is 0 Å². The number of phenols is 1. The lowest BCUT2D eigenvalue weighted by Crippen LogP contribution is -1.89. The standard InChI is InChI=1S/C18H30O.C2H4O.H2O4S/c1-2-3-4-5-6-7-8-9-10-11-14-17-15-12-13-16-18(17)19;1-2-3-1;1-5(2,3)4/h12-13,15-16,19H,2-11,14H2,1H3;1-2H2;(H2,1,2,3,4). The molecule has 1 saturated heterocycles. The van der Waals surface area contributed by atoms with E-state index >= 15 is 0 Å². The second kappa shape index (κ2) is 17.0. The summed E-state index contributed by atoms with van der Waals surface area (Å²) < 4.78 is 36.1. The molecule has 1 aromatic carbocycles. The molecule has 0 saturated carbocycles. The van der Waals surface area contributed by atoms with Gasteiger partial charge in [0.15, 0.2) is 0 Å². The van der Waals surface area contributed by atoms with Crippen LogP contribution in [0.4, 0.5) is 0 Å². The van der Waals surface area contributed by atoms with Gasteiger partial charge in [-0.2, -0.15) is 8.42 Å². The van der Waals surface area contributed by atoms with Crippen molar-refractivity contribution in [2.75, 3.05) is 13.2 Å². The Hall–Kier alpha value is -1.15. The number of unbranched alkanes of at least 4 members (excludes halogenated alkanes) is 9. The molecular weight excluding hydrogens is 368 g/mol. The highest BCUT2D eigenvalue weighted by Crippen LogP contribution is 2.19. The molecule has 0 atom stereocenters. The summed E-state index contributed by atoms with van der Waals surface area (Å²) in [4.78, 5) is 0. The largest absolute Gasteiger partial charge is 0.508 e. The van der Waals surface area contributed by atoms with E-state index in [1.54, 1.807) is 6.07 Å². The van der Waals surface area contributed by atoms with E-state index in [0.29, 0.717) is 5.75 Å². The molecule has 6 nitrogen and oxygen atoms in total. The number of phenolic OH excluding ortho intramolecular Hbond substituents is 1. The number of hydrogen-bond donors (Lipinski definition) is 3. The fourth-order valence-electron chi connectivity index (χ4n) is 2.53. The lowest BCUT2D eigenvalue weighted by atomic mass is 10.0. The van der Waals surface area contributed by atoms with Crippen LogP contribution in [-0.2, 0) is 21.6 Å². The van der Waals surface area contributed by atoms with Crippen LogP contribution in [0.15, 0.2) is 24.3 Å². The third kappa shape index (κ3) is 24.9. The normalized spacial score (nSPS) is 12.4. The highest BCUT2D eigenvalue weighted by Gasteiger charge is 1.99. The van der Waals surface area contributed by atoms with Gasteiger partial charge in [-0.05, 0) is 24.5 Å². The molecule has 27 heavy (non-hydrogen) atoms. The Balaban J connectivity index is 0.000000697. The Morgan fingerprint density at radius 3 is 1.67 bits per heavy atom. The summed E-state index contributed by atoms with van der Waals surface area (Å²) >= 11 is 0. The van der Waals surface area contributed by atoms with Crippen LogP contribution in [0.2, 0.25) is 0 Å². The van der Waals surface area contributed by atoms with E-state index < -0.39 is 10.4 Å². The second-order valence-corrected chi connectivity index (χ2v) is 7.52. The van der Waals surface area contributed by atoms with Crippen molar-refractivity contribution in [3.05, 3.63) is 29.8 Å². The third-order valence-corrected chi connectivity index (χ3v) is 4.00. The fourth-order valence-corrected chi connectivity index (χ4v) is 2.53. The Morgan fingerprint density at radius 2 is 1.26 bits per heavy atom. The first-order chi connectivity index (χ1) is 12.8. The molecule has 1 fully saturated rings. The predicted octanol–water partition coefficient (Wildman–Crippen LogP) is 5.22. The molecule has 2 rings (SSSR count). The maximum atomic E-state index is 9.65. The summed E-state index contributed by atoms with van der Waals surface area (Å²) in [5.41, 5.74) is 1.10. The summed E-state index contributed by atoms with van der Waals surface area (Å²) in [6.45, 7) is 4.27. The van der Waals surface area contributed by atoms with Gasteiger partial charge >= 0.3 is 10.4 Å². The first-order valence-electron chi connectivity index (χ1n) is 9.89. The number of aromatic hydroxyl groups is 1. The minimum absolute atomic E-state index is 0.457. The van der Waals surface area contributed by atoms with Crippen molar-refractivity contribution in [3.63, 3.8) is 0 Å². The minimum Gasteiger partial charge on any atom is -0.508 e. The summed E-state index contributed by atoms with van der Waals surface area (Å²) in [6, 6.07) is 7.71. The summed E-state index contributed by atoms with van der Waals surface area (Å²) in [7, 11) is -4.67. The first kappa shape index (κ1) is 25.9. The number of aryl methyl sites for hydroxylation is 1. The molecule has 0 spiro atoms. The van der Waals surface area contributed by atoms with Gasteiger partial charge in [0, 0.05) is 0 Å². The zero-order chi connectivity index (χ0) is 20.4. The SMILES string of the molecule is C1CO1.CCCCCCCCCCCCc1ccccc1O.O=S(=O)(O)O. The zero-order valence-electron chi connectivity index (χ0n) is 16.5. The summed E-state index contributed by atoms with van der Waals surface area (Å²) in [5, 5.41) is 9.65. The lowest BCUT2D eigenvalue weighted by Gasteiger charge is -2.04. The minimum atomic E-state index is -4.67. The van der Waals surface area contributed by atoms with Gasteiger partial charge in [0.25, 0.3) is 0 Å². The van der Waals surface area contributed by atoms with Gasteiger partial charge in [0.05, 0.1) is 13.2 Å². The fraction of sp³-hybridized carbons (Fsp3) is 0.700. The van der Waals surface area contributed by atoms with Crippen LogP contribution < -0.4 is 0 Å². The molecule has 1 heterocycles. The Bertz CT molecular complexity index is 547. The second-order valence-electron chi connectivity index (χ2n) is 6.62. The lowest BCUT2D eigenvalue weighted by molar-refractivity contribution is 0.381. The van der Waals surface area contributed by atoms with Gasteiger partial charge in [0.1, 0.15) is 5.75 Å². The molecule has 0 amide bonds. The van der Waals surface area contributed by atoms with Crippen LogP contribution in [-0.4, -0.2) is 35.8 Å². The van der Waals surface area contributed by atoms with Gasteiger partial charge in [-0.25, -0.2) is 0 Å². The van der Waals surface area contributed by atoms with Crippen LogP contribution in [0, 0.1) is 0 Å². The molecule has 1 aliphatic rings. The average molecular weight is 405 g/mol. The molecular formula is C20H36O6S. The van der Waals surface area contributed by atoms with Crippen molar-refractivity contribution in [3.8, 4) is 5.75 Å². The van der Waals surface area contributed by atoms with E-state index in [1.165, 1.54) is 64.2 Å². The van der Waals surface area contributed by atoms with Crippen LogP contribution in [0.1, 0.15) is 76.7 Å².